The predicted octanol–water partition coefficient (Wildman–Crippen LogP) is 3.91. The van der Waals surface area contributed by atoms with E-state index in [-0.39, 0.29) is 5.75 Å². The van der Waals surface area contributed by atoms with Crippen LogP contribution in [-0.2, 0) is 0 Å². The maximum atomic E-state index is 12.2. The number of benzene rings is 1. The van der Waals surface area contributed by atoms with Gasteiger partial charge in [0, 0.05) is 12.2 Å². The Morgan fingerprint density at radius 3 is 2.38 bits per heavy atom. The van der Waals surface area contributed by atoms with Gasteiger partial charge in [-0.05, 0) is 25.5 Å². The number of para-hydroxylation sites is 2. The summed E-state index contributed by atoms with van der Waals surface area (Å²) in [6, 6.07) is 6.33. The molecule has 118 valence electrons. The average molecular weight is 303 g/mol. The number of nitrogens with one attached hydrogen (secondary N) is 1. The monoisotopic (exact) mass is 303 g/mol. The highest BCUT2D eigenvalue weighted by molar-refractivity contribution is 5.39. The Morgan fingerprint density at radius 2 is 1.81 bits per heavy atom. The van der Waals surface area contributed by atoms with Crippen molar-refractivity contribution in [1.82, 2.24) is 5.32 Å². The molecule has 0 spiro atoms. The second-order valence-corrected chi connectivity index (χ2v) is 4.42. The van der Waals surface area contributed by atoms with Crippen molar-refractivity contribution in [2.24, 2.45) is 0 Å². The van der Waals surface area contributed by atoms with E-state index in [0.717, 1.165) is 12.1 Å². The van der Waals surface area contributed by atoms with Crippen LogP contribution in [0.5, 0.6) is 11.5 Å². The highest BCUT2D eigenvalue weighted by Gasteiger charge is 2.28. The van der Waals surface area contributed by atoms with E-state index in [9.17, 15) is 13.2 Å². The number of alkyl halides is 3. The van der Waals surface area contributed by atoms with Crippen molar-refractivity contribution in [1.29, 1.82) is 0 Å². The number of rotatable bonds is 8. The van der Waals surface area contributed by atoms with Gasteiger partial charge in [-0.1, -0.05) is 25.1 Å². The van der Waals surface area contributed by atoms with Gasteiger partial charge in [-0.25, -0.2) is 0 Å². The molecule has 0 unspecified atom stereocenters. The lowest BCUT2D eigenvalue weighted by molar-refractivity contribution is -0.153. The summed E-state index contributed by atoms with van der Waals surface area (Å²) in [4.78, 5) is 0. The van der Waals surface area contributed by atoms with Gasteiger partial charge in [0.25, 0.3) is 0 Å². The minimum Gasteiger partial charge on any atom is -0.488 e. The lowest BCUT2D eigenvalue weighted by atomic mass is 10.3. The molecule has 0 aliphatic heterocycles. The van der Waals surface area contributed by atoms with E-state index in [1.54, 1.807) is 18.2 Å². The highest BCUT2D eigenvalue weighted by Crippen LogP contribution is 2.28. The van der Waals surface area contributed by atoms with Crippen LogP contribution in [0.25, 0.3) is 0 Å². The SMILES string of the molecule is CC/C=C(\C)NCCOc1ccccc1OCC(F)(F)F. The van der Waals surface area contributed by atoms with E-state index in [4.69, 9.17) is 9.47 Å². The van der Waals surface area contributed by atoms with Gasteiger partial charge in [0.1, 0.15) is 6.61 Å². The van der Waals surface area contributed by atoms with Crippen molar-refractivity contribution in [2.45, 2.75) is 26.4 Å². The van der Waals surface area contributed by atoms with E-state index in [2.05, 4.69) is 5.32 Å². The molecule has 0 aromatic heterocycles. The van der Waals surface area contributed by atoms with Crippen molar-refractivity contribution < 1.29 is 22.6 Å². The fraction of sp³-hybridized carbons (Fsp3) is 0.467. The molecule has 0 amide bonds. The summed E-state index contributed by atoms with van der Waals surface area (Å²) in [7, 11) is 0. The molecular weight excluding hydrogens is 283 g/mol. The molecule has 0 fully saturated rings. The first kappa shape index (κ1) is 17.2. The summed E-state index contributed by atoms with van der Waals surface area (Å²) < 4.78 is 46.7. The Hall–Kier alpha value is -1.85. The van der Waals surface area contributed by atoms with Gasteiger partial charge in [0.05, 0.1) is 0 Å². The lowest BCUT2D eigenvalue weighted by Gasteiger charge is -2.14. The van der Waals surface area contributed by atoms with Gasteiger partial charge in [-0.3, -0.25) is 0 Å². The Kier molecular flexibility index (Phi) is 6.91. The third-order valence-electron chi connectivity index (χ3n) is 2.51. The molecule has 6 heteroatoms. The minimum atomic E-state index is -4.36. The predicted molar refractivity (Wildman–Crippen MR) is 75.5 cm³/mol. The molecule has 1 aromatic carbocycles. The van der Waals surface area contributed by atoms with Gasteiger partial charge in [-0.2, -0.15) is 13.2 Å². The topological polar surface area (TPSA) is 30.5 Å². The first-order valence-electron chi connectivity index (χ1n) is 6.74. The van der Waals surface area contributed by atoms with E-state index < -0.39 is 12.8 Å². The Bertz CT molecular complexity index is 458. The van der Waals surface area contributed by atoms with Crippen LogP contribution < -0.4 is 14.8 Å². The Morgan fingerprint density at radius 1 is 1.19 bits per heavy atom. The highest BCUT2D eigenvalue weighted by atomic mass is 19.4. The zero-order valence-corrected chi connectivity index (χ0v) is 12.2. The largest absolute Gasteiger partial charge is 0.488 e. The summed E-state index contributed by atoms with van der Waals surface area (Å²) in [6.07, 6.45) is -1.38. The number of hydrogen-bond acceptors (Lipinski definition) is 3. The molecule has 0 bridgehead atoms. The van der Waals surface area contributed by atoms with Crippen LogP contribution >= 0.6 is 0 Å². The van der Waals surface area contributed by atoms with E-state index in [0.29, 0.717) is 18.9 Å². The van der Waals surface area contributed by atoms with E-state index in [1.807, 2.05) is 19.9 Å². The van der Waals surface area contributed by atoms with Crippen molar-refractivity contribution in [3.05, 3.63) is 36.0 Å². The van der Waals surface area contributed by atoms with Crippen LogP contribution in [0.15, 0.2) is 36.0 Å². The molecule has 1 N–H and O–H groups in total. The fourth-order valence-corrected chi connectivity index (χ4v) is 1.64. The molecule has 21 heavy (non-hydrogen) atoms. The molecular formula is C15H20F3NO2. The van der Waals surface area contributed by atoms with E-state index >= 15 is 0 Å². The summed E-state index contributed by atoms with van der Waals surface area (Å²) in [5, 5.41) is 3.14. The molecule has 0 saturated heterocycles. The quantitative estimate of drug-likeness (QED) is 0.739. The summed E-state index contributed by atoms with van der Waals surface area (Å²) in [6.45, 7) is 3.56. The van der Waals surface area contributed by atoms with Crippen LogP contribution in [0.3, 0.4) is 0 Å². The van der Waals surface area contributed by atoms with Gasteiger partial charge < -0.3 is 14.8 Å². The Balaban J connectivity index is 2.46. The smallest absolute Gasteiger partial charge is 0.422 e. The van der Waals surface area contributed by atoms with Crippen LogP contribution in [0.2, 0.25) is 0 Å². The fourth-order valence-electron chi connectivity index (χ4n) is 1.64. The van der Waals surface area contributed by atoms with Crippen LogP contribution in [0.4, 0.5) is 13.2 Å². The standard InChI is InChI=1S/C15H20F3NO2/c1-3-6-12(2)19-9-10-20-13-7-4-5-8-14(13)21-11-15(16,17)18/h4-8,19H,3,9-11H2,1-2H3/b12-6+. The summed E-state index contributed by atoms with van der Waals surface area (Å²) >= 11 is 0. The molecule has 1 aromatic rings. The second kappa shape index (κ2) is 8.44. The van der Waals surface area contributed by atoms with Crippen LogP contribution in [0.1, 0.15) is 20.3 Å². The Labute approximate surface area is 122 Å². The number of halogens is 3. The maximum absolute atomic E-state index is 12.2. The zero-order chi connectivity index (χ0) is 15.7. The van der Waals surface area contributed by atoms with Crippen molar-refractivity contribution in [3.8, 4) is 11.5 Å². The van der Waals surface area contributed by atoms with Crippen LogP contribution in [0, 0.1) is 0 Å². The van der Waals surface area contributed by atoms with Gasteiger partial charge in [-0.15, -0.1) is 0 Å². The van der Waals surface area contributed by atoms with Crippen molar-refractivity contribution >= 4 is 0 Å². The normalized spacial score (nSPS) is 12.1. The van der Waals surface area contributed by atoms with E-state index in [1.165, 1.54) is 6.07 Å². The molecule has 0 saturated carbocycles. The summed E-state index contributed by atoms with van der Waals surface area (Å²) in [5.74, 6) is 0.399. The molecule has 0 aliphatic carbocycles. The first-order valence-corrected chi connectivity index (χ1v) is 6.74. The third kappa shape index (κ3) is 7.48. The molecule has 1 rings (SSSR count). The van der Waals surface area contributed by atoms with Gasteiger partial charge in [0.15, 0.2) is 18.1 Å². The van der Waals surface area contributed by atoms with Crippen LogP contribution in [-0.4, -0.2) is 25.9 Å². The number of allylic oxidation sites excluding steroid dienone is 2. The second-order valence-electron chi connectivity index (χ2n) is 4.42. The van der Waals surface area contributed by atoms with Crippen molar-refractivity contribution in [2.75, 3.05) is 19.8 Å². The lowest BCUT2D eigenvalue weighted by Crippen LogP contribution is -2.21. The average Bonchev–Trinajstić information content (AvgIpc) is 2.42. The molecule has 0 heterocycles. The first-order chi connectivity index (χ1) is 9.92. The molecule has 0 atom stereocenters. The van der Waals surface area contributed by atoms with Gasteiger partial charge >= 0.3 is 6.18 Å². The summed E-state index contributed by atoms with van der Waals surface area (Å²) in [5.41, 5.74) is 1.04. The van der Waals surface area contributed by atoms with Crippen molar-refractivity contribution in [3.63, 3.8) is 0 Å². The van der Waals surface area contributed by atoms with Gasteiger partial charge in [0.2, 0.25) is 0 Å². The number of hydrogen-bond donors (Lipinski definition) is 1. The molecule has 0 radical (unpaired) electrons. The molecule has 0 aliphatic rings. The number of ether oxygens (including phenoxy) is 2. The molecule has 3 nitrogen and oxygen atoms in total. The zero-order valence-electron chi connectivity index (χ0n) is 12.2. The maximum Gasteiger partial charge on any atom is 0.422 e. The third-order valence-corrected chi connectivity index (χ3v) is 2.51. The minimum absolute atomic E-state index is 0.0932.